The van der Waals surface area contributed by atoms with Crippen LogP contribution in [-0.2, 0) is 10.0 Å². The van der Waals surface area contributed by atoms with Crippen LogP contribution in [0.15, 0.2) is 53.8 Å². The number of rotatable bonds is 5. The third-order valence-corrected chi connectivity index (χ3v) is 5.24. The highest BCUT2D eigenvalue weighted by atomic mass is 32.2. The summed E-state index contributed by atoms with van der Waals surface area (Å²) >= 11 is 0. The molecule has 0 amide bonds. The van der Waals surface area contributed by atoms with Gasteiger partial charge in [-0.3, -0.25) is 0 Å². The minimum absolute atomic E-state index is 0.0634. The fraction of sp³-hybridized carbons (Fsp3) is 0.250. The van der Waals surface area contributed by atoms with Gasteiger partial charge in [-0.1, -0.05) is 19.9 Å². The Kier molecular flexibility index (Phi) is 4.23. The Labute approximate surface area is 139 Å². The first-order valence-corrected chi connectivity index (χ1v) is 8.90. The van der Waals surface area contributed by atoms with Crippen molar-refractivity contribution < 1.29 is 12.8 Å². The first kappa shape index (κ1) is 16.4. The third kappa shape index (κ3) is 2.96. The van der Waals surface area contributed by atoms with Crippen LogP contribution >= 0.6 is 0 Å². The Bertz CT molecular complexity index is 952. The second kappa shape index (κ2) is 6.20. The van der Waals surface area contributed by atoms with E-state index in [1.807, 2.05) is 13.8 Å². The molecule has 0 aliphatic carbocycles. The maximum absolute atomic E-state index is 13.2. The molecule has 0 spiro atoms. The number of hydrogen-bond donors (Lipinski definition) is 0. The van der Waals surface area contributed by atoms with E-state index in [0.29, 0.717) is 5.52 Å². The van der Waals surface area contributed by atoms with Gasteiger partial charge in [-0.15, -0.1) is 0 Å². The largest absolute Gasteiger partial charge is 0.269 e. The molecule has 3 heterocycles. The number of aromatic nitrogens is 3. The standard InChI is InChI=1S/C16H17FN4O2S/c1-12(2)11-21(16-7-6-13(17)9-18-16)24(22,23)15-10-19-20-8-4-3-5-14(15)20/h3-10,12H,11H2,1-2H3. The molecule has 0 bridgehead atoms. The SMILES string of the molecule is CC(C)CN(c1ccc(F)cn1)S(=O)(=O)c1cnn2ccccc12. The zero-order chi connectivity index (χ0) is 17.3. The molecule has 3 aromatic rings. The van der Waals surface area contributed by atoms with E-state index in [1.165, 1.54) is 27.2 Å². The number of anilines is 1. The summed E-state index contributed by atoms with van der Waals surface area (Å²) in [5.41, 5.74) is 0.480. The highest BCUT2D eigenvalue weighted by molar-refractivity contribution is 7.93. The van der Waals surface area contributed by atoms with Gasteiger partial charge in [-0.05, 0) is 30.2 Å². The topological polar surface area (TPSA) is 67.6 Å². The molecule has 0 unspecified atom stereocenters. The molecule has 0 aliphatic heterocycles. The summed E-state index contributed by atoms with van der Waals surface area (Å²) in [4.78, 5) is 4.02. The highest BCUT2D eigenvalue weighted by Crippen LogP contribution is 2.26. The van der Waals surface area contributed by atoms with Gasteiger partial charge in [0.2, 0.25) is 0 Å². The van der Waals surface area contributed by atoms with Gasteiger partial charge in [0.1, 0.15) is 16.5 Å². The second-order valence-corrected chi connectivity index (χ2v) is 7.63. The summed E-state index contributed by atoms with van der Waals surface area (Å²) < 4.78 is 42.2. The van der Waals surface area contributed by atoms with Crippen molar-refractivity contribution in [3.05, 3.63) is 54.7 Å². The average Bonchev–Trinajstić information content (AvgIpc) is 2.98. The van der Waals surface area contributed by atoms with E-state index in [9.17, 15) is 12.8 Å². The van der Waals surface area contributed by atoms with E-state index in [4.69, 9.17) is 0 Å². The second-order valence-electron chi connectivity index (χ2n) is 5.80. The molecule has 0 N–H and O–H groups in total. The molecule has 0 aliphatic rings. The van der Waals surface area contributed by atoms with Crippen LogP contribution in [0.2, 0.25) is 0 Å². The van der Waals surface area contributed by atoms with Crippen molar-refractivity contribution in [3.63, 3.8) is 0 Å². The molecule has 0 aromatic carbocycles. The van der Waals surface area contributed by atoms with E-state index >= 15 is 0 Å². The molecule has 0 saturated heterocycles. The minimum Gasteiger partial charge on any atom is -0.249 e. The first-order chi connectivity index (χ1) is 11.4. The third-order valence-electron chi connectivity index (χ3n) is 3.46. The number of fused-ring (bicyclic) bond motifs is 1. The summed E-state index contributed by atoms with van der Waals surface area (Å²) in [6, 6.07) is 7.76. The molecule has 0 fully saturated rings. The molecule has 3 rings (SSSR count). The zero-order valence-electron chi connectivity index (χ0n) is 13.3. The lowest BCUT2D eigenvalue weighted by molar-refractivity contribution is 0.576. The quantitative estimate of drug-likeness (QED) is 0.711. The highest BCUT2D eigenvalue weighted by Gasteiger charge is 2.29. The molecule has 126 valence electrons. The van der Waals surface area contributed by atoms with Crippen LogP contribution in [0.25, 0.3) is 5.52 Å². The number of sulfonamides is 1. The Morgan fingerprint density at radius 2 is 2.00 bits per heavy atom. The van der Waals surface area contributed by atoms with Crippen LogP contribution in [0, 0.1) is 11.7 Å². The minimum atomic E-state index is -3.88. The number of hydrogen-bond acceptors (Lipinski definition) is 4. The van der Waals surface area contributed by atoms with Gasteiger partial charge < -0.3 is 0 Å². The van der Waals surface area contributed by atoms with Gasteiger partial charge in [-0.25, -0.2) is 26.6 Å². The molecule has 0 radical (unpaired) electrons. The molecule has 0 saturated carbocycles. The van der Waals surface area contributed by atoms with Crippen LogP contribution in [0.4, 0.5) is 10.2 Å². The van der Waals surface area contributed by atoms with E-state index in [0.717, 1.165) is 6.20 Å². The van der Waals surface area contributed by atoms with Crippen molar-refractivity contribution in [2.24, 2.45) is 5.92 Å². The Hall–Kier alpha value is -2.48. The van der Waals surface area contributed by atoms with Crippen LogP contribution in [0.1, 0.15) is 13.8 Å². The monoisotopic (exact) mass is 348 g/mol. The number of pyridine rings is 2. The first-order valence-electron chi connectivity index (χ1n) is 7.46. The predicted octanol–water partition coefficient (Wildman–Crippen LogP) is 2.72. The average molecular weight is 348 g/mol. The van der Waals surface area contributed by atoms with Gasteiger partial charge >= 0.3 is 0 Å². The van der Waals surface area contributed by atoms with Crippen molar-refractivity contribution in [1.82, 2.24) is 14.6 Å². The maximum atomic E-state index is 13.2. The molecule has 3 aromatic heterocycles. The van der Waals surface area contributed by atoms with E-state index < -0.39 is 15.8 Å². The van der Waals surface area contributed by atoms with Crippen LogP contribution in [0.5, 0.6) is 0 Å². The Morgan fingerprint density at radius 1 is 1.21 bits per heavy atom. The lowest BCUT2D eigenvalue weighted by Crippen LogP contribution is -2.35. The lowest BCUT2D eigenvalue weighted by atomic mass is 10.2. The van der Waals surface area contributed by atoms with E-state index in [2.05, 4.69) is 10.1 Å². The van der Waals surface area contributed by atoms with Crippen molar-refractivity contribution in [3.8, 4) is 0 Å². The van der Waals surface area contributed by atoms with Crippen LogP contribution in [-0.4, -0.2) is 29.6 Å². The van der Waals surface area contributed by atoms with Gasteiger partial charge in [-0.2, -0.15) is 5.10 Å². The van der Waals surface area contributed by atoms with E-state index in [1.54, 1.807) is 24.4 Å². The molecule has 0 atom stereocenters. The van der Waals surface area contributed by atoms with Crippen LogP contribution in [0.3, 0.4) is 0 Å². The fourth-order valence-electron chi connectivity index (χ4n) is 2.39. The maximum Gasteiger partial charge on any atom is 0.269 e. The number of nitrogens with zero attached hydrogens (tertiary/aromatic N) is 4. The Morgan fingerprint density at radius 3 is 2.67 bits per heavy atom. The van der Waals surface area contributed by atoms with Crippen molar-refractivity contribution in [1.29, 1.82) is 0 Å². The molecule has 6 nitrogen and oxygen atoms in total. The van der Waals surface area contributed by atoms with Crippen LogP contribution < -0.4 is 4.31 Å². The van der Waals surface area contributed by atoms with Crippen molar-refractivity contribution >= 4 is 21.4 Å². The smallest absolute Gasteiger partial charge is 0.249 e. The molecular formula is C16H17FN4O2S. The summed E-state index contributed by atoms with van der Waals surface area (Å²) in [7, 11) is -3.88. The summed E-state index contributed by atoms with van der Waals surface area (Å²) in [5.74, 6) is -0.273. The van der Waals surface area contributed by atoms with E-state index in [-0.39, 0.29) is 23.2 Å². The Balaban J connectivity index is 2.13. The summed E-state index contributed by atoms with van der Waals surface area (Å²) in [5, 5.41) is 4.08. The van der Waals surface area contributed by atoms with Gasteiger partial charge in [0, 0.05) is 12.7 Å². The van der Waals surface area contributed by atoms with Crippen molar-refractivity contribution in [2.45, 2.75) is 18.7 Å². The molecular weight excluding hydrogens is 331 g/mol. The normalized spacial score (nSPS) is 12.0. The molecule has 24 heavy (non-hydrogen) atoms. The van der Waals surface area contributed by atoms with Gasteiger partial charge in [0.25, 0.3) is 10.0 Å². The lowest BCUT2D eigenvalue weighted by Gasteiger charge is -2.24. The molecule has 8 heteroatoms. The van der Waals surface area contributed by atoms with Gasteiger partial charge in [0.15, 0.2) is 0 Å². The predicted molar refractivity (Wildman–Crippen MR) is 88.8 cm³/mol. The zero-order valence-corrected chi connectivity index (χ0v) is 14.1. The number of halogens is 1. The fourth-order valence-corrected chi connectivity index (χ4v) is 4.08. The van der Waals surface area contributed by atoms with Gasteiger partial charge in [0.05, 0.1) is 17.9 Å². The summed E-state index contributed by atoms with van der Waals surface area (Å²) in [6.45, 7) is 4.04. The summed E-state index contributed by atoms with van der Waals surface area (Å²) in [6.07, 6.45) is 4.01. The van der Waals surface area contributed by atoms with Crippen molar-refractivity contribution in [2.75, 3.05) is 10.8 Å².